The number of fused-ring (bicyclic) bond motifs is 3. The fourth-order valence-electron chi connectivity index (χ4n) is 4.68. The van der Waals surface area contributed by atoms with Crippen molar-refractivity contribution < 1.29 is 9.90 Å². The summed E-state index contributed by atoms with van der Waals surface area (Å²) in [7, 11) is 0. The van der Waals surface area contributed by atoms with Crippen LogP contribution in [-0.2, 0) is 11.2 Å². The molecule has 0 atom stereocenters. The molecule has 3 heterocycles. The molecule has 2 saturated carbocycles. The van der Waals surface area contributed by atoms with Crippen molar-refractivity contribution in [3.63, 3.8) is 0 Å². The van der Waals surface area contributed by atoms with Crippen molar-refractivity contribution in [2.75, 3.05) is 6.54 Å². The molecule has 30 heavy (non-hydrogen) atoms. The van der Waals surface area contributed by atoms with Crippen LogP contribution in [0.4, 0.5) is 0 Å². The molecule has 3 N–H and O–H groups in total. The van der Waals surface area contributed by atoms with Crippen LogP contribution in [-0.4, -0.2) is 42.7 Å². The molecule has 2 aliphatic carbocycles. The molecule has 5 rings (SSSR count). The SMILES string of the molecule is N#CCC1CCC(n2c(CC(=O)NCC3(O)CC3)nc3cnc4[nH]ccc4c32)CC1. The van der Waals surface area contributed by atoms with Gasteiger partial charge in [0.15, 0.2) is 0 Å². The summed E-state index contributed by atoms with van der Waals surface area (Å²) in [4.78, 5) is 25.0. The van der Waals surface area contributed by atoms with Gasteiger partial charge in [0.25, 0.3) is 0 Å². The number of pyridine rings is 1. The second-order valence-electron chi connectivity index (χ2n) is 8.84. The van der Waals surface area contributed by atoms with E-state index in [1.807, 2.05) is 12.3 Å². The van der Waals surface area contributed by atoms with E-state index in [4.69, 9.17) is 10.2 Å². The number of aliphatic hydroxyl groups is 1. The Morgan fingerprint density at radius 2 is 2.17 bits per heavy atom. The lowest BCUT2D eigenvalue weighted by Gasteiger charge is -2.30. The van der Waals surface area contributed by atoms with Crippen LogP contribution in [0.5, 0.6) is 0 Å². The number of amides is 1. The van der Waals surface area contributed by atoms with Crippen LogP contribution >= 0.6 is 0 Å². The van der Waals surface area contributed by atoms with Crippen molar-refractivity contribution in [3.8, 4) is 6.07 Å². The Hall–Kier alpha value is -2.92. The van der Waals surface area contributed by atoms with Gasteiger partial charge >= 0.3 is 0 Å². The molecule has 2 fully saturated rings. The molecular weight excluding hydrogens is 380 g/mol. The Morgan fingerprint density at radius 3 is 2.90 bits per heavy atom. The summed E-state index contributed by atoms with van der Waals surface area (Å²) in [5, 5.41) is 22.9. The van der Waals surface area contributed by atoms with Crippen molar-refractivity contribution in [2.24, 2.45) is 5.92 Å². The fraction of sp³-hybridized carbons (Fsp3) is 0.545. The van der Waals surface area contributed by atoms with Gasteiger partial charge in [-0.3, -0.25) is 4.79 Å². The second-order valence-corrected chi connectivity index (χ2v) is 8.84. The van der Waals surface area contributed by atoms with Gasteiger partial charge in [0.2, 0.25) is 5.91 Å². The number of aromatic nitrogens is 4. The molecule has 0 bridgehead atoms. The van der Waals surface area contributed by atoms with E-state index in [0.717, 1.165) is 66.4 Å². The second kappa shape index (κ2) is 7.40. The highest BCUT2D eigenvalue weighted by molar-refractivity contribution is 6.01. The predicted octanol–water partition coefficient (Wildman–Crippen LogP) is 2.74. The van der Waals surface area contributed by atoms with E-state index < -0.39 is 5.60 Å². The van der Waals surface area contributed by atoms with Gasteiger partial charge in [-0.05, 0) is 50.5 Å². The quantitative estimate of drug-likeness (QED) is 0.581. The molecule has 8 nitrogen and oxygen atoms in total. The summed E-state index contributed by atoms with van der Waals surface area (Å²) < 4.78 is 2.24. The van der Waals surface area contributed by atoms with Gasteiger partial charge in [0.05, 0.1) is 29.8 Å². The van der Waals surface area contributed by atoms with E-state index in [1.54, 1.807) is 6.20 Å². The van der Waals surface area contributed by atoms with Gasteiger partial charge in [-0.25, -0.2) is 9.97 Å². The monoisotopic (exact) mass is 406 g/mol. The van der Waals surface area contributed by atoms with Crippen LogP contribution in [0.25, 0.3) is 22.1 Å². The Kier molecular flexibility index (Phi) is 4.70. The lowest BCUT2D eigenvalue weighted by Crippen LogP contribution is -2.35. The zero-order valence-corrected chi connectivity index (χ0v) is 16.9. The van der Waals surface area contributed by atoms with Crippen molar-refractivity contribution in [1.82, 2.24) is 24.8 Å². The van der Waals surface area contributed by atoms with Gasteiger partial charge in [-0.2, -0.15) is 5.26 Å². The first-order valence-corrected chi connectivity index (χ1v) is 10.8. The Bertz CT molecular complexity index is 1130. The molecule has 0 aliphatic heterocycles. The molecule has 0 aromatic carbocycles. The molecule has 8 heteroatoms. The molecule has 0 radical (unpaired) electrons. The van der Waals surface area contributed by atoms with E-state index in [1.165, 1.54) is 0 Å². The van der Waals surface area contributed by atoms with Crippen molar-refractivity contribution in [3.05, 3.63) is 24.3 Å². The van der Waals surface area contributed by atoms with Crippen LogP contribution in [0, 0.1) is 17.2 Å². The van der Waals surface area contributed by atoms with E-state index in [0.29, 0.717) is 18.9 Å². The minimum Gasteiger partial charge on any atom is -0.388 e. The highest BCUT2D eigenvalue weighted by Gasteiger charge is 2.40. The van der Waals surface area contributed by atoms with Gasteiger partial charge < -0.3 is 20.0 Å². The third-order valence-electron chi connectivity index (χ3n) is 6.63. The number of nitriles is 1. The minimum absolute atomic E-state index is 0.122. The van der Waals surface area contributed by atoms with Crippen LogP contribution < -0.4 is 5.32 Å². The maximum absolute atomic E-state index is 12.6. The van der Waals surface area contributed by atoms with Crippen LogP contribution in [0.1, 0.15) is 56.8 Å². The average Bonchev–Trinajstić information content (AvgIpc) is 3.14. The van der Waals surface area contributed by atoms with Crippen molar-refractivity contribution in [1.29, 1.82) is 5.26 Å². The number of carbonyl (C=O) groups excluding carboxylic acids is 1. The number of carbonyl (C=O) groups is 1. The molecule has 2 aliphatic rings. The number of hydrogen-bond acceptors (Lipinski definition) is 5. The third kappa shape index (κ3) is 3.54. The van der Waals surface area contributed by atoms with Crippen LogP contribution in [0.15, 0.2) is 18.5 Å². The Morgan fingerprint density at radius 1 is 1.37 bits per heavy atom. The summed E-state index contributed by atoms with van der Waals surface area (Å²) in [5.41, 5.74) is 1.92. The topological polar surface area (TPSA) is 120 Å². The lowest BCUT2D eigenvalue weighted by molar-refractivity contribution is -0.121. The first-order chi connectivity index (χ1) is 14.6. The van der Waals surface area contributed by atoms with E-state index >= 15 is 0 Å². The fourth-order valence-corrected chi connectivity index (χ4v) is 4.68. The zero-order chi connectivity index (χ0) is 20.7. The van der Waals surface area contributed by atoms with Crippen molar-refractivity contribution >= 4 is 28.0 Å². The average molecular weight is 406 g/mol. The molecule has 0 unspecified atom stereocenters. The number of hydrogen-bond donors (Lipinski definition) is 3. The minimum atomic E-state index is -0.712. The van der Waals surface area contributed by atoms with Gasteiger partial charge in [-0.1, -0.05) is 0 Å². The van der Waals surface area contributed by atoms with E-state index in [2.05, 4.69) is 25.9 Å². The number of nitrogens with zero attached hydrogens (tertiary/aromatic N) is 4. The summed E-state index contributed by atoms with van der Waals surface area (Å²) >= 11 is 0. The number of aromatic amines is 1. The summed E-state index contributed by atoms with van der Waals surface area (Å²) in [6, 6.07) is 4.56. The molecule has 1 amide bonds. The van der Waals surface area contributed by atoms with E-state index in [9.17, 15) is 9.90 Å². The first-order valence-electron chi connectivity index (χ1n) is 10.8. The Labute approximate surface area is 174 Å². The highest BCUT2D eigenvalue weighted by atomic mass is 16.3. The molecular formula is C22H26N6O2. The van der Waals surface area contributed by atoms with Crippen LogP contribution in [0.3, 0.4) is 0 Å². The lowest BCUT2D eigenvalue weighted by atomic mass is 9.84. The number of H-pyrrole nitrogens is 1. The number of nitrogens with one attached hydrogen (secondary N) is 2. The van der Waals surface area contributed by atoms with Gasteiger partial charge in [-0.15, -0.1) is 0 Å². The van der Waals surface area contributed by atoms with Gasteiger partial charge in [0.1, 0.15) is 17.0 Å². The normalized spacial score (nSPS) is 22.8. The molecule has 0 spiro atoms. The predicted molar refractivity (Wildman–Crippen MR) is 112 cm³/mol. The van der Waals surface area contributed by atoms with Crippen molar-refractivity contribution in [2.45, 2.75) is 63.0 Å². The highest BCUT2D eigenvalue weighted by Crippen LogP contribution is 2.38. The smallest absolute Gasteiger partial charge is 0.227 e. The molecule has 156 valence electrons. The van der Waals surface area contributed by atoms with Gasteiger partial charge in [0, 0.05) is 30.6 Å². The van der Waals surface area contributed by atoms with E-state index in [-0.39, 0.29) is 18.4 Å². The van der Waals surface area contributed by atoms with Crippen LogP contribution in [0.2, 0.25) is 0 Å². The third-order valence-corrected chi connectivity index (χ3v) is 6.63. The Balaban J connectivity index is 1.47. The standard InChI is InChI=1S/C22H26N6O2/c23-9-5-14-1-3-15(4-2-14)28-18(11-19(29)26-13-22(30)7-8-22)27-17-12-25-21-16(20(17)28)6-10-24-21/h6,10,12,14-15,30H,1-5,7-8,11,13H2,(H,24,25)(H,26,29). The first kappa shape index (κ1) is 19.1. The zero-order valence-electron chi connectivity index (χ0n) is 16.9. The molecule has 0 saturated heterocycles. The summed E-state index contributed by atoms with van der Waals surface area (Å²) in [5.74, 6) is 1.08. The molecule has 3 aromatic rings. The largest absolute Gasteiger partial charge is 0.388 e. The number of imidazole rings is 1. The summed E-state index contributed by atoms with van der Waals surface area (Å²) in [6.45, 7) is 0.301. The summed E-state index contributed by atoms with van der Waals surface area (Å²) in [6.07, 6.45) is 9.89. The molecule has 3 aromatic heterocycles. The number of rotatable bonds is 6. The maximum atomic E-state index is 12.6. The maximum Gasteiger partial charge on any atom is 0.227 e.